The number of hydrogen-bond donors (Lipinski definition) is 3. The molecule has 0 aromatic heterocycles. The van der Waals surface area contributed by atoms with Crippen molar-refractivity contribution in [1.29, 1.82) is 0 Å². The topological polar surface area (TPSA) is 78.1 Å². The van der Waals surface area contributed by atoms with E-state index < -0.39 is 0 Å². The molecule has 3 nitrogen and oxygen atoms in total. The summed E-state index contributed by atoms with van der Waals surface area (Å²) >= 11 is 0. The third kappa shape index (κ3) is 3.41. The van der Waals surface area contributed by atoms with E-state index in [1.807, 2.05) is 42.5 Å². The van der Waals surface area contributed by atoms with Crippen LogP contribution in [0.15, 0.2) is 54.6 Å². The lowest BCUT2D eigenvalue weighted by Crippen LogP contribution is -2.26. The van der Waals surface area contributed by atoms with Gasteiger partial charge in [-0.05, 0) is 29.7 Å². The fourth-order valence-corrected chi connectivity index (χ4v) is 2.16. The summed E-state index contributed by atoms with van der Waals surface area (Å²) in [6, 6.07) is 17.8. The fourth-order valence-electron chi connectivity index (χ4n) is 2.16. The second-order valence-corrected chi connectivity index (χ2v) is 4.74. The van der Waals surface area contributed by atoms with Crippen LogP contribution < -0.4 is 17.2 Å². The zero-order chi connectivity index (χ0) is 13.7. The second kappa shape index (κ2) is 6.48. The minimum Gasteiger partial charge on any atom is -0.330 e. The Kier molecular flexibility index (Phi) is 4.68. The number of rotatable bonds is 5. The molecule has 6 N–H and O–H groups in total. The van der Waals surface area contributed by atoms with Crippen LogP contribution in [0, 0.1) is 0 Å². The van der Waals surface area contributed by atoms with E-state index in [0.29, 0.717) is 6.54 Å². The lowest BCUT2D eigenvalue weighted by molar-refractivity contribution is 0.574. The first-order valence-electron chi connectivity index (χ1n) is 6.57. The first-order chi connectivity index (χ1) is 9.22. The SMILES string of the molecule is NCCc1ccc(C(N)C(N)c2ccccc2)cc1. The van der Waals surface area contributed by atoms with Crippen molar-refractivity contribution in [3.63, 3.8) is 0 Å². The van der Waals surface area contributed by atoms with E-state index in [-0.39, 0.29) is 12.1 Å². The van der Waals surface area contributed by atoms with Gasteiger partial charge in [-0.15, -0.1) is 0 Å². The van der Waals surface area contributed by atoms with Gasteiger partial charge in [-0.2, -0.15) is 0 Å². The van der Waals surface area contributed by atoms with E-state index in [9.17, 15) is 0 Å². The van der Waals surface area contributed by atoms with Gasteiger partial charge >= 0.3 is 0 Å². The van der Waals surface area contributed by atoms with Gasteiger partial charge < -0.3 is 17.2 Å². The van der Waals surface area contributed by atoms with Gasteiger partial charge in [-0.3, -0.25) is 0 Å². The highest BCUT2D eigenvalue weighted by molar-refractivity contribution is 5.29. The summed E-state index contributed by atoms with van der Waals surface area (Å²) in [4.78, 5) is 0. The van der Waals surface area contributed by atoms with Crippen molar-refractivity contribution in [1.82, 2.24) is 0 Å². The molecule has 0 aliphatic heterocycles. The summed E-state index contributed by atoms with van der Waals surface area (Å²) < 4.78 is 0. The molecule has 0 spiro atoms. The smallest absolute Gasteiger partial charge is 0.0491 e. The van der Waals surface area contributed by atoms with Crippen LogP contribution in [0.25, 0.3) is 0 Å². The molecule has 0 bridgehead atoms. The maximum atomic E-state index is 6.24. The van der Waals surface area contributed by atoms with Gasteiger partial charge in [-0.1, -0.05) is 54.6 Å². The Morgan fingerprint density at radius 1 is 0.737 bits per heavy atom. The van der Waals surface area contributed by atoms with Gasteiger partial charge in [-0.25, -0.2) is 0 Å². The maximum absolute atomic E-state index is 6.24. The van der Waals surface area contributed by atoms with Crippen molar-refractivity contribution >= 4 is 0 Å². The van der Waals surface area contributed by atoms with Gasteiger partial charge in [0.25, 0.3) is 0 Å². The molecule has 2 rings (SSSR count). The predicted octanol–water partition coefficient (Wildman–Crippen LogP) is 1.89. The molecule has 0 radical (unpaired) electrons. The molecule has 0 aliphatic rings. The van der Waals surface area contributed by atoms with E-state index in [0.717, 1.165) is 17.5 Å². The van der Waals surface area contributed by atoms with E-state index in [1.165, 1.54) is 5.56 Å². The Balaban J connectivity index is 2.12. The largest absolute Gasteiger partial charge is 0.330 e. The first-order valence-corrected chi connectivity index (χ1v) is 6.57. The summed E-state index contributed by atoms with van der Waals surface area (Å²) in [5.41, 5.74) is 21.3. The molecular formula is C16H21N3. The summed E-state index contributed by atoms with van der Waals surface area (Å²) in [5.74, 6) is 0. The molecule has 0 aliphatic carbocycles. The maximum Gasteiger partial charge on any atom is 0.0491 e. The third-order valence-corrected chi connectivity index (χ3v) is 3.37. The number of benzene rings is 2. The zero-order valence-electron chi connectivity index (χ0n) is 11.0. The fraction of sp³-hybridized carbons (Fsp3) is 0.250. The van der Waals surface area contributed by atoms with Crippen LogP contribution >= 0.6 is 0 Å². The van der Waals surface area contributed by atoms with Crippen LogP contribution in [0.2, 0.25) is 0 Å². The Bertz CT molecular complexity index is 493. The molecule has 2 atom stereocenters. The molecule has 3 heteroatoms. The monoisotopic (exact) mass is 255 g/mol. The molecule has 0 heterocycles. The van der Waals surface area contributed by atoms with Gasteiger partial charge in [0.1, 0.15) is 0 Å². The zero-order valence-corrected chi connectivity index (χ0v) is 11.0. The minimum absolute atomic E-state index is 0.193. The van der Waals surface area contributed by atoms with Crippen LogP contribution in [-0.2, 0) is 6.42 Å². The molecule has 100 valence electrons. The predicted molar refractivity (Wildman–Crippen MR) is 79.5 cm³/mol. The minimum atomic E-state index is -0.200. The van der Waals surface area contributed by atoms with Gasteiger partial charge in [0, 0.05) is 12.1 Å². The highest BCUT2D eigenvalue weighted by Crippen LogP contribution is 2.24. The first kappa shape index (κ1) is 13.7. The van der Waals surface area contributed by atoms with E-state index in [4.69, 9.17) is 17.2 Å². The van der Waals surface area contributed by atoms with E-state index in [1.54, 1.807) is 0 Å². The Morgan fingerprint density at radius 3 is 1.79 bits per heavy atom. The summed E-state index contributed by atoms with van der Waals surface area (Å²) in [6.45, 7) is 0.662. The van der Waals surface area contributed by atoms with E-state index in [2.05, 4.69) is 12.1 Å². The molecule has 19 heavy (non-hydrogen) atoms. The van der Waals surface area contributed by atoms with Crippen LogP contribution in [0.5, 0.6) is 0 Å². The standard InChI is InChI=1S/C16H21N3/c17-11-10-12-6-8-14(9-7-12)16(19)15(18)13-4-2-1-3-5-13/h1-9,15-16H,10-11,17-19H2. The summed E-state index contributed by atoms with van der Waals surface area (Å²) in [7, 11) is 0. The van der Waals surface area contributed by atoms with Gasteiger partial charge in [0.05, 0.1) is 0 Å². The second-order valence-electron chi connectivity index (χ2n) is 4.74. The van der Waals surface area contributed by atoms with Crippen molar-refractivity contribution in [2.45, 2.75) is 18.5 Å². The highest BCUT2D eigenvalue weighted by atomic mass is 14.8. The summed E-state index contributed by atoms with van der Waals surface area (Å²) in [5, 5.41) is 0. The lowest BCUT2D eigenvalue weighted by atomic mass is 9.94. The lowest BCUT2D eigenvalue weighted by Gasteiger charge is -2.21. The molecular weight excluding hydrogens is 234 g/mol. The highest BCUT2D eigenvalue weighted by Gasteiger charge is 2.16. The third-order valence-electron chi connectivity index (χ3n) is 3.37. The summed E-state index contributed by atoms with van der Waals surface area (Å²) in [6.07, 6.45) is 0.889. The number of nitrogens with two attached hydrogens (primary N) is 3. The van der Waals surface area contributed by atoms with Crippen molar-refractivity contribution in [2.24, 2.45) is 17.2 Å². The molecule has 2 aromatic carbocycles. The Morgan fingerprint density at radius 2 is 1.26 bits per heavy atom. The van der Waals surface area contributed by atoms with Gasteiger partial charge in [0.15, 0.2) is 0 Å². The molecule has 0 saturated carbocycles. The molecule has 0 amide bonds. The van der Waals surface area contributed by atoms with Crippen LogP contribution in [0.3, 0.4) is 0 Å². The molecule has 0 fully saturated rings. The van der Waals surface area contributed by atoms with Crippen molar-refractivity contribution in [3.8, 4) is 0 Å². The van der Waals surface area contributed by atoms with Gasteiger partial charge in [0.2, 0.25) is 0 Å². The number of hydrogen-bond acceptors (Lipinski definition) is 3. The van der Waals surface area contributed by atoms with Crippen molar-refractivity contribution in [3.05, 3.63) is 71.3 Å². The quantitative estimate of drug-likeness (QED) is 0.763. The molecule has 2 unspecified atom stereocenters. The average molecular weight is 255 g/mol. The van der Waals surface area contributed by atoms with Crippen molar-refractivity contribution < 1.29 is 0 Å². The van der Waals surface area contributed by atoms with Crippen LogP contribution in [0.1, 0.15) is 28.8 Å². The Hall–Kier alpha value is -1.68. The van der Waals surface area contributed by atoms with Crippen LogP contribution in [0.4, 0.5) is 0 Å². The molecule has 2 aromatic rings. The normalized spacial score (nSPS) is 14.1. The van der Waals surface area contributed by atoms with E-state index >= 15 is 0 Å². The average Bonchev–Trinajstić information content (AvgIpc) is 2.48. The molecule has 0 saturated heterocycles. The Labute approximate surface area is 114 Å². The van der Waals surface area contributed by atoms with Crippen molar-refractivity contribution in [2.75, 3.05) is 6.54 Å². The van der Waals surface area contributed by atoms with Crippen LogP contribution in [-0.4, -0.2) is 6.54 Å².